The van der Waals surface area contributed by atoms with Crippen molar-refractivity contribution in [3.63, 3.8) is 0 Å². The Morgan fingerprint density at radius 3 is 2.52 bits per heavy atom. The fourth-order valence-electron chi connectivity index (χ4n) is 1.96. The van der Waals surface area contributed by atoms with E-state index in [1.54, 1.807) is 20.2 Å². The topological polar surface area (TPSA) is 90.5 Å². The zero-order valence-corrected chi connectivity index (χ0v) is 13.4. The molecule has 0 aromatic heterocycles. The van der Waals surface area contributed by atoms with Gasteiger partial charge in [0.25, 0.3) is 0 Å². The van der Waals surface area contributed by atoms with Crippen molar-refractivity contribution in [3.8, 4) is 0 Å². The van der Waals surface area contributed by atoms with Crippen LogP contribution in [0.5, 0.6) is 0 Å². The van der Waals surface area contributed by atoms with Gasteiger partial charge in [-0.15, -0.1) is 0 Å². The number of nitrogens with zero attached hydrogens (tertiary/aromatic N) is 1. The van der Waals surface area contributed by atoms with Gasteiger partial charge in [0.05, 0.1) is 13.0 Å². The minimum atomic E-state index is -0.463. The monoisotopic (exact) mass is 318 g/mol. The average molecular weight is 318 g/mol. The van der Waals surface area contributed by atoms with Crippen molar-refractivity contribution in [2.75, 3.05) is 26.0 Å². The lowest BCUT2D eigenvalue weighted by Gasteiger charge is -2.14. The second-order valence-corrected chi connectivity index (χ2v) is 5.77. The van der Waals surface area contributed by atoms with E-state index in [0.717, 1.165) is 18.4 Å². The van der Waals surface area contributed by atoms with Gasteiger partial charge < -0.3 is 15.5 Å². The molecular weight excluding hydrogens is 296 g/mol. The number of carbonyl (C=O) groups excluding carboxylic acids is 3. The lowest BCUT2D eigenvalue weighted by Crippen LogP contribution is -2.42. The summed E-state index contributed by atoms with van der Waals surface area (Å²) < 4.78 is 0. The predicted molar refractivity (Wildman–Crippen MR) is 87.0 cm³/mol. The first-order chi connectivity index (χ1) is 11.0. The summed E-state index contributed by atoms with van der Waals surface area (Å²) in [6.45, 7) is -0.0365. The van der Waals surface area contributed by atoms with Crippen LogP contribution in [0, 0.1) is 0 Å². The number of carbonyl (C=O) groups is 3. The SMILES string of the molecule is CN(C)C(=O)Cc1ccccc1NCC(=O)NC(=O)NC1CC1. The standard InChI is InChI=1S/C16H22N4O3/c1-20(2)15(22)9-11-5-3-4-6-13(11)17-10-14(21)19-16(23)18-12-7-8-12/h3-6,12,17H,7-10H2,1-2H3,(H2,18,19,21,23). The Labute approximate surface area is 135 Å². The van der Waals surface area contributed by atoms with E-state index in [1.165, 1.54) is 4.90 Å². The van der Waals surface area contributed by atoms with Gasteiger partial charge in [-0.05, 0) is 24.5 Å². The summed E-state index contributed by atoms with van der Waals surface area (Å²) in [7, 11) is 3.40. The van der Waals surface area contributed by atoms with Crippen LogP contribution < -0.4 is 16.0 Å². The Morgan fingerprint density at radius 2 is 1.87 bits per heavy atom. The molecule has 1 aliphatic carbocycles. The summed E-state index contributed by atoms with van der Waals surface area (Å²) in [5.41, 5.74) is 1.52. The Bertz CT molecular complexity index is 597. The highest BCUT2D eigenvalue weighted by Gasteiger charge is 2.23. The fourth-order valence-corrected chi connectivity index (χ4v) is 1.96. The van der Waals surface area contributed by atoms with Crippen molar-refractivity contribution in [1.29, 1.82) is 0 Å². The molecule has 2 rings (SSSR count). The van der Waals surface area contributed by atoms with Gasteiger partial charge in [0, 0.05) is 25.8 Å². The average Bonchev–Trinajstić information content (AvgIpc) is 3.29. The van der Waals surface area contributed by atoms with Gasteiger partial charge >= 0.3 is 6.03 Å². The number of nitrogens with one attached hydrogen (secondary N) is 3. The van der Waals surface area contributed by atoms with Crippen LogP contribution >= 0.6 is 0 Å². The Balaban J connectivity index is 1.85. The molecule has 7 nitrogen and oxygen atoms in total. The van der Waals surface area contributed by atoms with E-state index >= 15 is 0 Å². The molecule has 7 heteroatoms. The number of likely N-dealkylation sites (N-methyl/N-ethyl adjacent to an activating group) is 1. The maximum Gasteiger partial charge on any atom is 0.321 e. The number of benzene rings is 1. The van der Waals surface area contributed by atoms with Gasteiger partial charge in [-0.3, -0.25) is 14.9 Å². The lowest BCUT2D eigenvalue weighted by molar-refractivity contribution is -0.128. The van der Waals surface area contributed by atoms with Gasteiger partial charge in [0.15, 0.2) is 0 Å². The molecule has 3 N–H and O–H groups in total. The van der Waals surface area contributed by atoms with Crippen LogP contribution in [0.4, 0.5) is 10.5 Å². The fraction of sp³-hybridized carbons (Fsp3) is 0.438. The molecule has 1 aromatic rings. The van der Waals surface area contributed by atoms with Crippen LogP contribution in [0.2, 0.25) is 0 Å². The Hall–Kier alpha value is -2.57. The zero-order valence-electron chi connectivity index (χ0n) is 13.4. The van der Waals surface area contributed by atoms with Crippen LogP contribution in [0.15, 0.2) is 24.3 Å². The van der Waals surface area contributed by atoms with Crippen LogP contribution in [-0.4, -0.2) is 49.4 Å². The van der Waals surface area contributed by atoms with Gasteiger partial charge in [-0.1, -0.05) is 18.2 Å². The summed E-state index contributed by atoms with van der Waals surface area (Å²) >= 11 is 0. The maximum absolute atomic E-state index is 11.8. The zero-order chi connectivity index (χ0) is 16.8. The molecule has 1 aliphatic rings. The Kier molecular flexibility index (Phi) is 5.56. The second-order valence-electron chi connectivity index (χ2n) is 5.77. The quantitative estimate of drug-likeness (QED) is 0.721. The summed E-state index contributed by atoms with van der Waals surface area (Å²) in [6.07, 6.45) is 2.18. The van der Waals surface area contributed by atoms with Crippen LogP contribution in [0.25, 0.3) is 0 Å². The number of imide groups is 1. The number of amides is 4. The van der Waals surface area contributed by atoms with E-state index < -0.39 is 11.9 Å². The van der Waals surface area contributed by atoms with E-state index in [1.807, 2.05) is 18.2 Å². The number of hydrogen-bond donors (Lipinski definition) is 3. The normalized spacial score (nSPS) is 13.1. The molecule has 1 fully saturated rings. The third-order valence-corrected chi connectivity index (χ3v) is 3.46. The minimum absolute atomic E-state index is 0.0208. The molecule has 23 heavy (non-hydrogen) atoms. The molecule has 0 bridgehead atoms. The predicted octanol–water partition coefficient (Wildman–Crippen LogP) is 0.717. The summed E-state index contributed by atoms with van der Waals surface area (Å²) in [5, 5.41) is 7.93. The minimum Gasteiger partial charge on any atom is -0.376 e. The molecule has 4 amide bonds. The molecule has 0 atom stereocenters. The van der Waals surface area contributed by atoms with Gasteiger partial charge in [-0.2, -0.15) is 0 Å². The first-order valence-corrected chi connectivity index (χ1v) is 7.58. The molecule has 0 spiro atoms. The third-order valence-electron chi connectivity index (χ3n) is 3.46. The van der Waals surface area contributed by atoms with Gasteiger partial charge in [0.2, 0.25) is 11.8 Å². The van der Waals surface area contributed by atoms with E-state index in [2.05, 4.69) is 16.0 Å². The van der Waals surface area contributed by atoms with Crippen molar-refractivity contribution < 1.29 is 14.4 Å². The molecule has 0 unspecified atom stereocenters. The summed E-state index contributed by atoms with van der Waals surface area (Å²) in [5.74, 6) is -0.440. The number of anilines is 1. The molecule has 0 heterocycles. The number of rotatable bonds is 6. The van der Waals surface area contributed by atoms with Crippen molar-refractivity contribution >= 4 is 23.5 Å². The van der Waals surface area contributed by atoms with Gasteiger partial charge in [0.1, 0.15) is 0 Å². The van der Waals surface area contributed by atoms with Crippen molar-refractivity contribution in [1.82, 2.24) is 15.5 Å². The highest BCUT2D eigenvalue weighted by Crippen LogP contribution is 2.18. The molecule has 1 saturated carbocycles. The number of hydrogen-bond acceptors (Lipinski definition) is 4. The van der Waals surface area contributed by atoms with E-state index in [0.29, 0.717) is 5.69 Å². The highest BCUT2D eigenvalue weighted by molar-refractivity contribution is 5.96. The smallest absolute Gasteiger partial charge is 0.321 e. The highest BCUT2D eigenvalue weighted by atomic mass is 16.2. The summed E-state index contributed by atoms with van der Waals surface area (Å²) in [6, 6.07) is 7.04. The van der Waals surface area contributed by atoms with E-state index in [4.69, 9.17) is 0 Å². The first-order valence-electron chi connectivity index (χ1n) is 7.58. The molecule has 0 radical (unpaired) electrons. The first kappa shape index (κ1) is 16.8. The van der Waals surface area contributed by atoms with Crippen LogP contribution in [-0.2, 0) is 16.0 Å². The molecule has 124 valence electrons. The van der Waals surface area contributed by atoms with Crippen LogP contribution in [0.1, 0.15) is 18.4 Å². The van der Waals surface area contributed by atoms with Gasteiger partial charge in [-0.25, -0.2) is 4.79 Å². The molecule has 0 aliphatic heterocycles. The molecule has 1 aromatic carbocycles. The third kappa shape index (κ3) is 5.61. The summed E-state index contributed by atoms with van der Waals surface area (Å²) in [4.78, 5) is 36.6. The Morgan fingerprint density at radius 1 is 1.17 bits per heavy atom. The maximum atomic E-state index is 11.8. The van der Waals surface area contributed by atoms with Crippen molar-refractivity contribution in [2.24, 2.45) is 0 Å². The number of para-hydroxylation sites is 1. The molecule has 0 saturated heterocycles. The van der Waals surface area contributed by atoms with E-state index in [-0.39, 0.29) is 24.9 Å². The second kappa shape index (κ2) is 7.62. The largest absolute Gasteiger partial charge is 0.376 e. The van der Waals surface area contributed by atoms with Crippen molar-refractivity contribution in [3.05, 3.63) is 29.8 Å². The van der Waals surface area contributed by atoms with E-state index in [9.17, 15) is 14.4 Å². The molecular formula is C16H22N4O3. The van der Waals surface area contributed by atoms with Crippen molar-refractivity contribution in [2.45, 2.75) is 25.3 Å². The van der Waals surface area contributed by atoms with Crippen LogP contribution in [0.3, 0.4) is 0 Å². The number of urea groups is 1. The lowest BCUT2D eigenvalue weighted by atomic mass is 10.1.